The van der Waals surface area contributed by atoms with Gasteiger partial charge in [-0.15, -0.1) is 0 Å². The van der Waals surface area contributed by atoms with Gasteiger partial charge in [0, 0.05) is 48.3 Å². The summed E-state index contributed by atoms with van der Waals surface area (Å²) < 4.78 is 19.3. The van der Waals surface area contributed by atoms with Crippen LogP contribution in [0, 0.1) is 11.2 Å². The maximum Gasteiger partial charge on any atom is 0.260 e. The number of nitrogens with two attached hydrogens (primary N) is 1. The molecule has 0 aromatic heterocycles. The van der Waals surface area contributed by atoms with E-state index in [0.717, 1.165) is 43.5 Å². The van der Waals surface area contributed by atoms with Crippen LogP contribution >= 0.6 is 11.6 Å². The van der Waals surface area contributed by atoms with E-state index in [1.165, 1.54) is 12.1 Å². The summed E-state index contributed by atoms with van der Waals surface area (Å²) in [6.45, 7) is 12.7. The molecule has 7 heteroatoms. The molecule has 1 heterocycles. The predicted octanol–water partition coefficient (Wildman–Crippen LogP) is 6.20. The summed E-state index contributed by atoms with van der Waals surface area (Å²) >= 11 is 6.32. The zero-order valence-electron chi connectivity index (χ0n) is 22.3. The molecule has 4 atom stereocenters. The third-order valence-electron chi connectivity index (χ3n) is 7.77. The van der Waals surface area contributed by atoms with E-state index < -0.39 is 0 Å². The van der Waals surface area contributed by atoms with Gasteiger partial charge < -0.3 is 15.4 Å². The predicted molar refractivity (Wildman–Crippen MR) is 145 cm³/mol. The van der Waals surface area contributed by atoms with Gasteiger partial charge in [0.05, 0.1) is 0 Å². The number of piperazine rings is 1. The average Bonchev–Trinajstić information content (AvgIpc) is 2.86. The molecule has 2 aromatic rings. The molecule has 2 N–H and O–H groups in total. The monoisotopic (exact) mass is 517 g/mol. The van der Waals surface area contributed by atoms with E-state index in [9.17, 15) is 9.18 Å². The number of halogens is 2. The minimum atomic E-state index is -0.250. The lowest BCUT2D eigenvalue weighted by Crippen LogP contribution is -2.58. The quantitative estimate of drug-likeness (QED) is 0.408. The molecular weight excluding hydrogens is 477 g/mol. The Hall–Kier alpha value is -2.15. The van der Waals surface area contributed by atoms with E-state index in [2.05, 4.69) is 39.5 Å². The first-order chi connectivity index (χ1) is 17.1. The lowest BCUT2D eigenvalue weighted by atomic mass is 9.73. The van der Waals surface area contributed by atoms with Crippen LogP contribution in [0.15, 0.2) is 42.5 Å². The molecule has 0 bridgehead atoms. The van der Waals surface area contributed by atoms with Crippen LogP contribution in [0.1, 0.15) is 71.0 Å². The first-order valence-corrected chi connectivity index (χ1v) is 13.4. The molecule has 0 aliphatic carbocycles. The molecule has 1 fully saturated rings. The maximum atomic E-state index is 13.3. The second-order valence-corrected chi connectivity index (χ2v) is 10.9. The van der Waals surface area contributed by atoms with Crippen LogP contribution in [0.2, 0.25) is 5.02 Å². The second kappa shape index (κ2) is 12.4. The fourth-order valence-electron chi connectivity index (χ4n) is 5.21. The van der Waals surface area contributed by atoms with Gasteiger partial charge in [0.2, 0.25) is 0 Å². The summed E-state index contributed by atoms with van der Waals surface area (Å²) in [4.78, 5) is 17.4. The zero-order chi connectivity index (χ0) is 26.5. The Morgan fingerprint density at radius 2 is 1.86 bits per heavy atom. The zero-order valence-corrected chi connectivity index (χ0v) is 23.0. The highest BCUT2D eigenvalue weighted by molar-refractivity contribution is 6.30. The highest BCUT2D eigenvalue weighted by atomic mass is 35.5. The lowest BCUT2D eigenvalue weighted by molar-refractivity contribution is -0.139. The smallest absolute Gasteiger partial charge is 0.260 e. The number of hydrogen-bond donors (Lipinski definition) is 1. The summed E-state index contributed by atoms with van der Waals surface area (Å²) in [7, 11) is 0. The van der Waals surface area contributed by atoms with Crippen molar-refractivity contribution in [2.45, 2.75) is 78.6 Å². The van der Waals surface area contributed by atoms with Crippen LogP contribution in [0.3, 0.4) is 0 Å². The van der Waals surface area contributed by atoms with Crippen molar-refractivity contribution in [2.24, 2.45) is 11.1 Å². The Balaban J connectivity index is 1.66. The Morgan fingerprint density at radius 3 is 2.50 bits per heavy atom. The SMILES string of the molecule is CCCC(C)(CC)C(N)c1cc(Cl)ccc1OCC(=O)N1C[C@H](C)N(Cc2ccc(F)cc2)C[C@H]1C. The van der Waals surface area contributed by atoms with Gasteiger partial charge in [0.1, 0.15) is 11.6 Å². The van der Waals surface area contributed by atoms with Gasteiger partial charge in [0.15, 0.2) is 6.61 Å². The fourth-order valence-corrected chi connectivity index (χ4v) is 5.39. The van der Waals surface area contributed by atoms with E-state index in [-0.39, 0.29) is 41.9 Å². The minimum absolute atomic E-state index is 0.0395. The standard InChI is InChI=1S/C29H41ClFN3O2/c1-6-14-29(5,7-2)28(32)25-15-23(30)10-13-26(25)36-19-27(35)34-17-20(3)33(16-21(34)4)18-22-8-11-24(31)12-9-22/h8-13,15,20-21,28H,6-7,14,16-19,32H2,1-5H3/t20-,21+,28?,29?/m0/s1. The Bertz CT molecular complexity index is 1020. The topological polar surface area (TPSA) is 58.8 Å². The summed E-state index contributed by atoms with van der Waals surface area (Å²) in [6, 6.07) is 12.0. The molecule has 1 saturated heterocycles. The number of carbonyl (C=O) groups excluding carboxylic acids is 1. The number of ether oxygens (including phenoxy) is 1. The van der Waals surface area contributed by atoms with Crippen LogP contribution in [0.5, 0.6) is 5.75 Å². The van der Waals surface area contributed by atoms with Crippen molar-refractivity contribution < 1.29 is 13.9 Å². The number of rotatable bonds is 10. The number of nitrogens with zero attached hydrogens (tertiary/aromatic N) is 2. The van der Waals surface area contributed by atoms with Gasteiger partial charge in [-0.3, -0.25) is 9.69 Å². The highest BCUT2D eigenvalue weighted by Crippen LogP contribution is 2.43. The third kappa shape index (κ3) is 6.78. The first kappa shape index (κ1) is 28.4. The molecule has 5 nitrogen and oxygen atoms in total. The molecule has 0 spiro atoms. The molecule has 198 valence electrons. The molecule has 0 saturated carbocycles. The normalized spacial score (nSPS) is 21.2. The van der Waals surface area contributed by atoms with Crippen molar-refractivity contribution in [2.75, 3.05) is 19.7 Å². The van der Waals surface area contributed by atoms with E-state index in [4.69, 9.17) is 22.1 Å². The van der Waals surface area contributed by atoms with E-state index >= 15 is 0 Å². The number of hydrogen-bond acceptors (Lipinski definition) is 4. The highest BCUT2D eigenvalue weighted by Gasteiger charge is 2.34. The first-order valence-electron chi connectivity index (χ1n) is 13.0. The van der Waals surface area contributed by atoms with Crippen LogP contribution < -0.4 is 10.5 Å². The molecule has 1 amide bonds. The Morgan fingerprint density at radius 1 is 1.17 bits per heavy atom. The summed E-state index contributed by atoms with van der Waals surface area (Å²) in [5, 5.41) is 0.605. The van der Waals surface area contributed by atoms with Gasteiger partial charge in [-0.1, -0.05) is 50.9 Å². The third-order valence-corrected chi connectivity index (χ3v) is 8.01. The number of carbonyl (C=O) groups is 1. The van der Waals surface area contributed by atoms with Crippen LogP contribution in [0.25, 0.3) is 0 Å². The van der Waals surface area contributed by atoms with Gasteiger partial charge in [-0.05, 0) is 68.0 Å². The molecule has 36 heavy (non-hydrogen) atoms. The lowest BCUT2D eigenvalue weighted by Gasteiger charge is -2.44. The second-order valence-electron chi connectivity index (χ2n) is 10.5. The Labute approximate surface area is 220 Å². The van der Waals surface area contributed by atoms with Crippen molar-refractivity contribution in [3.05, 3.63) is 64.4 Å². The van der Waals surface area contributed by atoms with Crippen molar-refractivity contribution in [1.82, 2.24) is 9.80 Å². The summed E-state index contributed by atoms with van der Waals surface area (Å²) in [6.07, 6.45) is 2.97. The molecule has 3 rings (SSSR count). The van der Waals surface area contributed by atoms with Gasteiger partial charge in [-0.25, -0.2) is 4.39 Å². The molecule has 2 unspecified atom stereocenters. The largest absolute Gasteiger partial charge is 0.483 e. The van der Waals surface area contributed by atoms with Crippen molar-refractivity contribution in [3.8, 4) is 5.75 Å². The van der Waals surface area contributed by atoms with E-state index in [1.807, 2.05) is 29.2 Å². The van der Waals surface area contributed by atoms with Crippen LogP contribution in [-0.2, 0) is 11.3 Å². The van der Waals surface area contributed by atoms with Crippen LogP contribution in [-0.4, -0.2) is 47.5 Å². The molecule has 0 radical (unpaired) electrons. The molecule has 2 aromatic carbocycles. The van der Waals surface area contributed by atoms with Gasteiger partial charge in [-0.2, -0.15) is 0 Å². The van der Waals surface area contributed by atoms with Crippen molar-refractivity contribution in [3.63, 3.8) is 0 Å². The summed E-state index contributed by atoms with van der Waals surface area (Å²) in [5.41, 5.74) is 8.57. The number of amides is 1. The fraction of sp³-hybridized carbons (Fsp3) is 0.552. The van der Waals surface area contributed by atoms with Gasteiger partial charge >= 0.3 is 0 Å². The van der Waals surface area contributed by atoms with Gasteiger partial charge in [0.25, 0.3) is 5.91 Å². The van der Waals surface area contributed by atoms with Crippen molar-refractivity contribution in [1.29, 1.82) is 0 Å². The van der Waals surface area contributed by atoms with Crippen LogP contribution in [0.4, 0.5) is 4.39 Å². The average molecular weight is 518 g/mol. The summed E-state index contributed by atoms with van der Waals surface area (Å²) in [5.74, 6) is 0.341. The Kier molecular flexibility index (Phi) is 9.79. The van der Waals surface area contributed by atoms with E-state index in [1.54, 1.807) is 6.07 Å². The van der Waals surface area contributed by atoms with E-state index in [0.29, 0.717) is 17.3 Å². The molecular formula is C29H41ClFN3O2. The molecule has 1 aliphatic heterocycles. The molecule has 1 aliphatic rings. The maximum absolute atomic E-state index is 13.3. The minimum Gasteiger partial charge on any atom is -0.483 e. The number of benzene rings is 2. The van der Waals surface area contributed by atoms with Crippen molar-refractivity contribution >= 4 is 17.5 Å².